The molecule has 156 valence electrons. The maximum atomic E-state index is 15.6. The van der Waals surface area contributed by atoms with Crippen LogP contribution < -0.4 is 26.6 Å². The third-order valence-electron chi connectivity index (χ3n) is 6.85. The Hall–Kier alpha value is -2.35. The van der Waals surface area contributed by atoms with Gasteiger partial charge < -0.3 is 15.4 Å². The molecule has 3 N–H and O–H groups in total. The summed E-state index contributed by atoms with van der Waals surface area (Å²) in [7, 11) is 1.47. The summed E-state index contributed by atoms with van der Waals surface area (Å²) < 4.78 is 22.8. The number of hydrogen-bond donors (Lipinski definition) is 2. The van der Waals surface area contributed by atoms with Crippen molar-refractivity contribution in [3.8, 4) is 5.75 Å². The monoisotopic (exact) mass is 402 g/mol. The van der Waals surface area contributed by atoms with Crippen LogP contribution in [-0.2, 0) is 0 Å². The van der Waals surface area contributed by atoms with Gasteiger partial charge in [0.2, 0.25) is 0 Å². The van der Waals surface area contributed by atoms with Crippen LogP contribution in [-0.4, -0.2) is 35.8 Å². The number of halogens is 1. The number of nitrogens with zero attached hydrogens (tertiary/aromatic N) is 2. The Kier molecular flexibility index (Phi) is 4.24. The second-order valence-corrected chi connectivity index (χ2v) is 8.81. The Labute approximate surface area is 167 Å². The molecular formula is C21H27FN4O3. The highest BCUT2D eigenvalue weighted by atomic mass is 19.1. The van der Waals surface area contributed by atoms with Crippen LogP contribution in [0.1, 0.15) is 43.7 Å². The van der Waals surface area contributed by atoms with Crippen molar-refractivity contribution in [1.29, 1.82) is 0 Å². The fourth-order valence-corrected chi connectivity index (χ4v) is 4.95. The molecule has 0 spiro atoms. The number of fused-ring (bicyclic) bond motifs is 1. The summed E-state index contributed by atoms with van der Waals surface area (Å²) in [6, 6.07) is 0.158. The van der Waals surface area contributed by atoms with Crippen molar-refractivity contribution in [2.75, 3.05) is 25.1 Å². The topological polar surface area (TPSA) is 93.3 Å². The van der Waals surface area contributed by atoms with E-state index in [1.54, 1.807) is 11.5 Å². The van der Waals surface area contributed by atoms with Crippen LogP contribution in [0.5, 0.6) is 5.75 Å². The summed E-state index contributed by atoms with van der Waals surface area (Å²) in [4.78, 5) is 29.5. The molecule has 2 saturated carbocycles. The molecule has 2 heterocycles. The minimum absolute atomic E-state index is 0.0167. The predicted molar refractivity (Wildman–Crippen MR) is 109 cm³/mol. The molecule has 1 aromatic heterocycles. The summed E-state index contributed by atoms with van der Waals surface area (Å²) in [6.45, 7) is 2.94. The average Bonchev–Trinajstić information content (AvgIpc) is 3.61. The third-order valence-corrected chi connectivity index (χ3v) is 6.85. The number of aromatic nitrogens is 2. The number of aromatic amines is 1. The molecule has 0 radical (unpaired) electrons. The molecule has 2 aliphatic carbocycles. The highest BCUT2D eigenvalue weighted by molar-refractivity contribution is 5.93. The molecule has 1 aromatic carbocycles. The second kappa shape index (κ2) is 6.58. The first-order chi connectivity index (χ1) is 13.9. The number of ether oxygens (including phenoxy) is 1. The fourth-order valence-electron chi connectivity index (χ4n) is 4.95. The van der Waals surface area contributed by atoms with Crippen LogP contribution in [0, 0.1) is 24.6 Å². The molecule has 0 amide bonds. The predicted octanol–water partition coefficient (Wildman–Crippen LogP) is 2.04. The first-order valence-corrected chi connectivity index (χ1v) is 10.5. The number of nitrogens with one attached hydrogen (secondary N) is 1. The van der Waals surface area contributed by atoms with E-state index in [2.05, 4.69) is 4.98 Å². The SMILES string of the molecule is COc1c(N2CCC(C(N)C3CC3)C2)c(F)c(C)c2c(=O)[nH]c(=O)n(C3CC3)c12. The first kappa shape index (κ1) is 18.7. The maximum Gasteiger partial charge on any atom is 0.329 e. The van der Waals surface area contributed by atoms with Gasteiger partial charge in [-0.3, -0.25) is 14.3 Å². The van der Waals surface area contributed by atoms with Crippen molar-refractivity contribution in [3.05, 3.63) is 32.2 Å². The number of rotatable bonds is 5. The Morgan fingerprint density at radius 3 is 2.52 bits per heavy atom. The number of hydrogen-bond acceptors (Lipinski definition) is 5. The van der Waals surface area contributed by atoms with Crippen molar-refractivity contribution >= 4 is 16.6 Å². The van der Waals surface area contributed by atoms with Gasteiger partial charge in [-0.2, -0.15) is 0 Å². The van der Waals surface area contributed by atoms with Gasteiger partial charge in [0.25, 0.3) is 5.56 Å². The van der Waals surface area contributed by atoms with Gasteiger partial charge in [-0.15, -0.1) is 0 Å². The zero-order chi connectivity index (χ0) is 20.4. The summed E-state index contributed by atoms with van der Waals surface area (Å²) in [5.41, 5.74) is 6.40. The second-order valence-electron chi connectivity index (χ2n) is 8.81. The van der Waals surface area contributed by atoms with Gasteiger partial charge >= 0.3 is 5.69 Å². The number of methoxy groups -OCH3 is 1. The number of benzene rings is 1. The molecular weight excluding hydrogens is 375 g/mol. The Bertz CT molecular complexity index is 1100. The molecule has 3 fully saturated rings. The molecule has 1 saturated heterocycles. The molecule has 0 bridgehead atoms. The smallest absolute Gasteiger partial charge is 0.329 e. The lowest BCUT2D eigenvalue weighted by molar-refractivity contribution is 0.408. The van der Waals surface area contributed by atoms with Crippen LogP contribution in [0.25, 0.3) is 10.9 Å². The largest absolute Gasteiger partial charge is 0.492 e. The Morgan fingerprint density at radius 1 is 1.17 bits per heavy atom. The minimum Gasteiger partial charge on any atom is -0.492 e. The quantitative estimate of drug-likeness (QED) is 0.798. The van der Waals surface area contributed by atoms with E-state index in [1.165, 1.54) is 20.0 Å². The van der Waals surface area contributed by atoms with Crippen LogP contribution in [0.2, 0.25) is 0 Å². The summed E-state index contributed by atoms with van der Waals surface area (Å²) in [5.74, 6) is 0.719. The minimum atomic E-state index is -0.571. The standard InChI is InChI=1S/C21H27FN4O3/c1-10-14-17(26(13-5-6-13)21(28)24-20(14)27)19(29-2)18(15(10)22)25-8-7-12(9-25)16(23)11-3-4-11/h11-13,16H,3-9,23H2,1-2H3,(H,24,27,28). The molecule has 1 aliphatic heterocycles. The van der Waals surface area contributed by atoms with Crippen molar-refractivity contribution in [2.45, 2.75) is 51.1 Å². The lowest BCUT2D eigenvalue weighted by atomic mass is 9.96. The number of H-pyrrole nitrogens is 1. The van der Waals surface area contributed by atoms with Crippen LogP contribution in [0.4, 0.5) is 10.1 Å². The highest BCUT2D eigenvalue weighted by Gasteiger charge is 2.39. The van der Waals surface area contributed by atoms with E-state index < -0.39 is 17.1 Å². The van der Waals surface area contributed by atoms with Gasteiger partial charge in [-0.25, -0.2) is 9.18 Å². The van der Waals surface area contributed by atoms with E-state index >= 15 is 4.39 Å². The van der Waals surface area contributed by atoms with Crippen molar-refractivity contribution in [2.24, 2.45) is 17.6 Å². The zero-order valence-electron chi connectivity index (χ0n) is 16.8. The molecule has 2 unspecified atom stereocenters. The maximum absolute atomic E-state index is 15.6. The van der Waals surface area contributed by atoms with Crippen molar-refractivity contribution in [3.63, 3.8) is 0 Å². The van der Waals surface area contributed by atoms with E-state index in [9.17, 15) is 9.59 Å². The van der Waals surface area contributed by atoms with E-state index in [0.717, 1.165) is 19.3 Å². The average molecular weight is 402 g/mol. The summed E-state index contributed by atoms with van der Waals surface area (Å²) in [5, 5.41) is 0.194. The number of anilines is 1. The van der Waals surface area contributed by atoms with Crippen LogP contribution >= 0.6 is 0 Å². The van der Waals surface area contributed by atoms with E-state index in [-0.39, 0.29) is 28.8 Å². The van der Waals surface area contributed by atoms with Crippen LogP contribution in [0.15, 0.2) is 9.59 Å². The Balaban J connectivity index is 1.70. The fraction of sp³-hybridized carbons (Fsp3) is 0.619. The highest BCUT2D eigenvalue weighted by Crippen LogP contribution is 2.45. The van der Waals surface area contributed by atoms with Gasteiger partial charge in [0.1, 0.15) is 11.2 Å². The zero-order valence-corrected chi connectivity index (χ0v) is 16.8. The molecule has 8 heteroatoms. The summed E-state index contributed by atoms with van der Waals surface area (Å²) in [6.07, 6.45) is 4.99. The van der Waals surface area contributed by atoms with Gasteiger partial charge in [-0.05, 0) is 50.9 Å². The number of aryl methyl sites for hydroxylation is 1. The van der Waals surface area contributed by atoms with Gasteiger partial charge in [0, 0.05) is 30.7 Å². The third kappa shape index (κ3) is 2.87. The normalized spacial score (nSPS) is 23.0. The van der Waals surface area contributed by atoms with Gasteiger partial charge in [0.15, 0.2) is 11.6 Å². The van der Waals surface area contributed by atoms with Gasteiger partial charge in [-0.1, -0.05) is 0 Å². The molecule has 29 heavy (non-hydrogen) atoms. The van der Waals surface area contributed by atoms with E-state index in [0.29, 0.717) is 36.1 Å². The molecule has 2 aromatic rings. The number of nitrogens with two attached hydrogens (primary N) is 1. The van der Waals surface area contributed by atoms with Gasteiger partial charge in [0.05, 0.1) is 12.5 Å². The van der Waals surface area contributed by atoms with Crippen molar-refractivity contribution in [1.82, 2.24) is 9.55 Å². The lowest BCUT2D eigenvalue weighted by Gasteiger charge is -2.26. The molecule has 3 aliphatic rings. The van der Waals surface area contributed by atoms with Crippen LogP contribution in [0.3, 0.4) is 0 Å². The first-order valence-electron chi connectivity index (χ1n) is 10.5. The van der Waals surface area contributed by atoms with Crippen molar-refractivity contribution < 1.29 is 9.13 Å². The van der Waals surface area contributed by atoms with E-state index in [4.69, 9.17) is 10.5 Å². The molecule has 7 nitrogen and oxygen atoms in total. The lowest BCUT2D eigenvalue weighted by Crippen LogP contribution is -2.35. The molecule has 5 rings (SSSR count). The summed E-state index contributed by atoms with van der Waals surface area (Å²) >= 11 is 0. The Morgan fingerprint density at radius 2 is 1.90 bits per heavy atom. The van der Waals surface area contributed by atoms with E-state index in [1.807, 2.05) is 4.90 Å². The molecule has 2 atom stereocenters.